The minimum absolute atomic E-state index is 0.0100. The molecule has 31 heavy (non-hydrogen) atoms. The predicted molar refractivity (Wildman–Crippen MR) is 134 cm³/mol. The van der Waals surface area contributed by atoms with E-state index in [2.05, 4.69) is 41.3 Å². The summed E-state index contributed by atoms with van der Waals surface area (Å²) in [5.74, 6) is -0.0100. The molecule has 0 spiro atoms. The van der Waals surface area contributed by atoms with E-state index in [1.54, 1.807) is 6.07 Å². The Kier molecular flexibility index (Phi) is 8.93. The second-order valence-corrected chi connectivity index (χ2v) is 10.1. The molecule has 2 aromatic carbocycles. The van der Waals surface area contributed by atoms with Gasteiger partial charge in [-0.05, 0) is 82.3 Å². The average Bonchev–Trinajstić information content (AvgIpc) is 2.76. The van der Waals surface area contributed by atoms with Crippen LogP contribution in [0.2, 0.25) is 10.0 Å². The molecular formula is C23H30Cl2N4OS. The molecule has 0 aromatic heterocycles. The van der Waals surface area contributed by atoms with Gasteiger partial charge in [-0.15, -0.1) is 0 Å². The van der Waals surface area contributed by atoms with Crippen LogP contribution in [-0.2, 0) is 4.79 Å². The van der Waals surface area contributed by atoms with Crippen molar-refractivity contribution >= 4 is 52.4 Å². The minimum atomic E-state index is -0.0100. The van der Waals surface area contributed by atoms with Crippen molar-refractivity contribution in [3.05, 3.63) is 52.5 Å². The van der Waals surface area contributed by atoms with Crippen LogP contribution in [-0.4, -0.2) is 61.9 Å². The normalized spacial score (nSPS) is 15.0. The first-order valence-corrected chi connectivity index (χ1v) is 12.0. The van der Waals surface area contributed by atoms with E-state index in [1.165, 1.54) is 30.5 Å². The molecule has 8 heteroatoms. The summed E-state index contributed by atoms with van der Waals surface area (Å²) in [4.78, 5) is 18.0. The summed E-state index contributed by atoms with van der Waals surface area (Å²) in [6.07, 6.45) is 2.75. The Morgan fingerprint density at radius 3 is 2.42 bits per heavy atom. The summed E-state index contributed by atoms with van der Waals surface area (Å²) in [7, 11) is 6.24. The van der Waals surface area contributed by atoms with E-state index in [0.29, 0.717) is 29.1 Å². The average molecular weight is 481 g/mol. The van der Waals surface area contributed by atoms with Crippen LogP contribution < -0.4 is 10.2 Å². The summed E-state index contributed by atoms with van der Waals surface area (Å²) in [5.41, 5.74) is 2.04. The Hall–Kier alpha value is -1.44. The van der Waals surface area contributed by atoms with Crippen molar-refractivity contribution in [2.45, 2.75) is 30.2 Å². The number of hydrogen-bond donors (Lipinski definition) is 1. The van der Waals surface area contributed by atoms with Crippen LogP contribution >= 0.6 is 35.1 Å². The Morgan fingerprint density at radius 1 is 1.10 bits per heavy atom. The van der Waals surface area contributed by atoms with E-state index in [9.17, 15) is 4.79 Å². The molecule has 1 aliphatic rings. The molecule has 3 rings (SSSR count). The number of anilines is 2. The van der Waals surface area contributed by atoms with E-state index in [-0.39, 0.29) is 5.91 Å². The number of carbonyl (C=O) groups excluding carboxylic acids is 1. The molecule has 1 N–H and O–H groups in total. The van der Waals surface area contributed by atoms with Crippen LogP contribution in [0, 0.1) is 0 Å². The van der Waals surface area contributed by atoms with Gasteiger partial charge < -0.3 is 15.1 Å². The number of carbonyl (C=O) groups is 1. The smallest absolute Gasteiger partial charge is 0.225 e. The van der Waals surface area contributed by atoms with E-state index >= 15 is 0 Å². The number of piperidine rings is 1. The van der Waals surface area contributed by atoms with Crippen LogP contribution in [0.25, 0.3) is 0 Å². The lowest BCUT2D eigenvalue weighted by atomic mass is 10.0. The molecular weight excluding hydrogens is 451 g/mol. The maximum Gasteiger partial charge on any atom is 0.225 e. The highest BCUT2D eigenvalue weighted by Crippen LogP contribution is 2.34. The second-order valence-electron chi connectivity index (χ2n) is 8.02. The number of amides is 1. The predicted octanol–water partition coefficient (Wildman–Crippen LogP) is 5.49. The summed E-state index contributed by atoms with van der Waals surface area (Å²) in [6, 6.07) is 14.4. The quantitative estimate of drug-likeness (QED) is 0.505. The van der Waals surface area contributed by atoms with Crippen molar-refractivity contribution in [2.24, 2.45) is 0 Å². The van der Waals surface area contributed by atoms with Crippen molar-refractivity contribution in [1.29, 1.82) is 0 Å². The molecule has 0 atom stereocenters. The first-order chi connectivity index (χ1) is 14.8. The third-order valence-corrected chi connectivity index (χ3v) is 7.50. The Bertz CT molecular complexity index is 870. The SMILES string of the molecule is CN(CCC(=O)Nc1ccc(N2CCC(N(C)C)CC2)cc1)Sc1cccc(Cl)c1Cl. The van der Waals surface area contributed by atoms with Crippen LogP contribution in [0.4, 0.5) is 11.4 Å². The third-order valence-electron chi connectivity index (χ3n) is 5.54. The molecule has 0 bridgehead atoms. The van der Waals surface area contributed by atoms with E-state index in [0.717, 1.165) is 23.7 Å². The topological polar surface area (TPSA) is 38.8 Å². The molecule has 0 unspecified atom stereocenters. The first-order valence-electron chi connectivity index (χ1n) is 10.5. The van der Waals surface area contributed by atoms with E-state index in [4.69, 9.17) is 23.2 Å². The summed E-state index contributed by atoms with van der Waals surface area (Å²) >= 11 is 13.8. The molecule has 0 radical (unpaired) electrons. The molecule has 1 fully saturated rings. The second kappa shape index (κ2) is 11.4. The van der Waals surface area contributed by atoms with Gasteiger partial charge in [-0.25, -0.2) is 4.31 Å². The fourth-order valence-electron chi connectivity index (χ4n) is 3.65. The van der Waals surface area contributed by atoms with Crippen LogP contribution in [0.3, 0.4) is 0 Å². The molecule has 1 aliphatic heterocycles. The van der Waals surface area contributed by atoms with Gasteiger partial charge in [-0.2, -0.15) is 0 Å². The number of nitrogens with zero attached hydrogens (tertiary/aromatic N) is 3. The lowest BCUT2D eigenvalue weighted by molar-refractivity contribution is -0.116. The van der Waals surface area contributed by atoms with E-state index < -0.39 is 0 Å². The number of hydrogen-bond acceptors (Lipinski definition) is 5. The van der Waals surface area contributed by atoms with Crippen molar-refractivity contribution in [1.82, 2.24) is 9.21 Å². The minimum Gasteiger partial charge on any atom is -0.371 e. The highest BCUT2D eigenvalue weighted by Gasteiger charge is 2.20. The molecule has 5 nitrogen and oxygen atoms in total. The Morgan fingerprint density at radius 2 is 1.77 bits per heavy atom. The fraction of sp³-hybridized carbons (Fsp3) is 0.435. The summed E-state index contributed by atoms with van der Waals surface area (Å²) < 4.78 is 1.98. The Balaban J connectivity index is 1.44. The molecule has 0 aliphatic carbocycles. The number of halogens is 2. The van der Waals surface area contributed by atoms with Crippen molar-refractivity contribution in [2.75, 3.05) is 51.0 Å². The standard InChI is InChI=1S/C23H30Cl2N4OS/c1-27(2)18-11-15-29(16-12-18)19-9-7-17(8-10-19)26-22(30)13-14-28(3)31-21-6-4-5-20(24)23(21)25/h4-10,18H,11-16H2,1-3H3,(H,26,30). The van der Waals surface area contributed by atoms with Crippen LogP contribution in [0.5, 0.6) is 0 Å². The van der Waals surface area contributed by atoms with Crippen molar-refractivity contribution in [3.63, 3.8) is 0 Å². The number of rotatable bonds is 8. The van der Waals surface area contributed by atoms with Gasteiger partial charge in [0, 0.05) is 48.4 Å². The lowest BCUT2D eigenvalue weighted by Crippen LogP contribution is -2.41. The third kappa shape index (κ3) is 7.02. The van der Waals surface area contributed by atoms with Gasteiger partial charge in [0.05, 0.1) is 10.0 Å². The molecule has 168 valence electrons. The number of benzene rings is 2. The molecule has 1 heterocycles. The van der Waals surface area contributed by atoms with Crippen LogP contribution in [0.15, 0.2) is 47.4 Å². The highest BCUT2D eigenvalue weighted by atomic mass is 35.5. The molecule has 1 saturated heterocycles. The first kappa shape index (κ1) is 24.2. The van der Waals surface area contributed by atoms with Gasteiger partial charge in [0.1, 0.15) is 0 Å². The maximum absolute atomic E-state index is 12.4. The Labute approximate surface area is 199 Å². The van der Waals surface area contributed by atoms with Gasteiger partial charge >= 0.3 is 0 Å². The van der Waals surface area contributed by atoms with Gasteiger partial charge in [-0.3, -0.25) is 4.79 Å². The zero-order chi connectivity index (χ0) is 22.4. The lowest BCUT2D eigenvalue weighted by Gasteiger charge is -2.36. The molecule has 1 amide bonds. The van der Waals surface area contributed by atoms with Gasteiger partial charge in [-0.1, -0.05) is 29.3 Å². The number of nitrogens with one attached hydrogen (secondary N) is 1. The highest BCUT2D eigenvalue weighted by molar-refractivity contribution is 7.97. The van der Waals surface area contributed by atoms with Gasteiger partial charge in [0.25, 0.3) is 0 Å². The van der Waals surface area contributed by atoms with Crippen molar-refractivity contribution in [3.8, 4) is 0 Å². The molecule has 0 saturated carbocycles. The zero-order valence-electron chi connectivity index (χ0n) is 18.3. The van der Waals surface area contributed by atoms with Gasteiger partial charge in [0.2, 0.25) is 5.91 Å². The maximum atomic E-state index is 12.4. The summed E-state index contributed by atoms with van der Waals surface area (Å²) in [5, 5.41) is 4.06. The van der Waals surface area contributed by atoms with Gasteiger partial charge in [0.15, 0.2) is 0 Å². The van der Waals surface area contributed by atoms with Crippen molar-refractivity contribution < 1.29 is 4.79 Å². The zero-order valence-corrected chi connectivity index (χ0v) is 20.6. The monoisotopic (exact) mass is 480 g/mol. The molecule has 2 aromatic rings. The van der Waals surface area contributed by atoms with Crippen LogP contribution in [0.1, 0.15) is 19.3 Å². The largest absolute Gasteiger partial charge is 0.371 e. The van der Waals surface area contributed by atoms with E-state index in [1.807, 2.05) is 35.6 Å². The fourth-order valence-corrected chi connectivity index (χ4v) is 4.95. The summed E-state index contributed by atoms with van der Waals surface area (Å²) in [6.45, 7) is 2.72.